The fourth-order valence-electron chi connectivity index (χ4n) is 4.86. The molecule has 1 saturated heterocycles. The number of quaternary nitrogens is 1. The molecule has 2 rings (SSSR count). The Morgan fingerprint density at radius 3 is 2.30 bits per heavy atom. The van der Waals surface area contributed by atoms with Crippen molar-refractivity contribution >= 4 is 0 Å². The minimum absolute atomic E-state index is 0.321. The monoisotopic (exact) mass is 326 g/mol. The number of nitrogens with one attached hydrogen (secondary N) is 1. The van der Waals surface area contributed by atoms with Crippen LogP contribution in [0.5, 0.6) is 0 Å². The average molecular weight is 327 g/mol. The van der Waals surface area contributed by atoms with Crippen molar-refractivity contribution in [2.24, 2.45) is 17.8 Å². The van der Waals surface area contributed by atoms with Gasteiger partial charge in [-0.25, -0.2) is 0 Å². The van der Waals surface area contributed by atoms with E-state index < -0.39 is 0 Å². The van der Waals surface area contributed by atoms with Gasteiger partial charge in [0.15, 0.2) is 0 Å². The highest BCUT2D eigenvalue weighted by Gasteiger charge is 2.33. The number of rotatable bonds is 6. The van der Waals surface area contributed by atoms with Crippen LogP contribution in [-0.2, 0) is 4.74 Å². The molecule has 1 saturated carbocycles. The second-order valence-electron chi connectivity index (χ2n) is 8.86. The van der Waals surface area contributed by atoms with Crippen molar-refractivity contribution in [2.75, 3.05) is 13.2 Å². The Labute approximate surface area is 143 Å². The maximum atomic E-state index is 10.5. The fraction of sp³-hybridized carbons (Fsp3) is 1.00. The largest absolute Gasteiger partial charge is 0.385 e. The smallest absolute Gasteiger partial charge is 0.126 e. The van der Waals surface area contributed by atoms with E-state index in [1.807, 2.05) is 0 Å². The van der Waals surface area contributed by atoms with Gasteiger partial charge in [-0.05, 0) is 63.7 Å². The topological polar surface area (TPSA) is 33.9 Å². The summed E-state index contributed by atoms with van der Waals surface area (Å²) in [4.78, 5) is 1.57. The second-order valence-corrected chi connectivity index (χ2v) is 8.86. The molecule has 2 aliphatic rings. The van der Waals surface area contributed by atoms with E-state index in [9.17, 15) is 5.11 Å². The Bertz CT molecular complexity index is 337. The van der Waals surface area contributed by atoms with Crippen molar-refractivity contribution in [1.82, 2.24) is 0 Å². The SMILES string of the molecule is CC(C)[C@H]1CC[C@@H](C)C[C@H]1OC[C@H](O)C[NH+]1[C@H](C)CCC[C@@H]1C. The quantitative estimate of drug-likeness (QED) is 0.787. The molecule has 1 heterocycles. The number of piperidine rings is 1. The Morgan fingerprint density at radius 2 is 1.70 bits per heavy atom. The van der Waals surface area contributed by atoms with Gasteiger partial charge in [0.05, 0.1) is 24.8 Å². The summed E-state index contributed by atoms with van der Waals surface area (Å²) in [6, 6.07) is 1.35. The summed E-state index contributed by atoms with van der Waals surface area (Å²) in [7, 11) is 0. The van der Waals surface area contributed by atoms with E-state index in [0.717, 1.165) is 12.5 Å². The average Bonchev–Trinajstić information content (AvgIpc) is 2.49. The third kappa shape index (κ3) is 5.44. The molecule has 1 aliphatic carbocycles. The third-order valence-electron chi connectivity index (χ3n) is 6.48. The molecule has 1 aliphatic heterocycles. The molecule has 1 unspecified atom stereocenters. The molecule has 3 nitrogen and oxygen atoms in total. The van der Waals surface area contributed by atoms with Gasteiger partial charge in [-0.1, -0.05) is 27.2 Å². The van der Waals surface area contributed by atoms with Gasteiger partial charge < -0.3 is 14.7 Å². The van der Waals surface area contributed by atoms with E-state index in [4.69, 9.17) is 4.74 Å². The molecule has 0 bridgehead atoms. The van der Waals surface area contributed by atoms with Crippen molar-refractivity contribution in [3.63, 3.8) is 0 Å². The summed E-state index contributed by atoms with van der Waals surface area (Å²) in [5.74, 6) is 2.11. The van der Waals surface area contributed by atoms with Crippen molar-refractivity contribution in [2.45, 2.75) is 97.4 Å². The minimum Gasteiger partial charge on any atom is -0.385 e. The van der Waals surface area contributed by atoms with Crippen LogP contribution in [0.2, 0.25) is 0 Å². The summed E-state index contributed by atoms with van der Waals surface area (Å²) in [5, 5.41) is 10.5. The van der Waals surface area contributed by atoms with Gasteiger partial charge in [0.25, 0.3) is 0 Å². The van der Waals surface area contributed by atoms with Gasteiger partial charge >= 0.3 is 0 Å². The van der Waals surface area contributed by atoms with Crippen LogP contribution in [-0.4, -0.2) is 42.5 Å². The number of aliphatic hydroxyl groups excluding tert-OH is 1. The molecule has 136 valence electrons. The molecule has 0 aromatic carbocycles. The summed E-state index contributed by atoms with van der Waals surface area (Å²) in [6.07, 6.45) is 7.74. The molecule has 23 heavy (non-hydrogen) atoms. The van der Waals surface area contributed by atoms with Gasteiger partial charge in [-0.15, -0.1) is 0 Å². The lowest BCUT2D eigenvalue weighted by Gasteiger charge is -2.39. The van der Waals surface area contributed by atoms with Crippen LogP contribution < -0.4 is 4.90 Å². The summed E-state index contributed by atoms with van der Waals surface area (Å²) in [6.45, 7) is 13.0. The van der Waals surface area contributed by atoms with Crippen LogP contribution in [0.15, 0.2) is 0 Å². The third-order valence-corrected chi connectivity index (χ3v) is 6.48. The number of hydrogen-bond donors (Lipinski definition) is 2. The van der Waals surface area contributed by atoms with Crippen molar-refractivity contribution in [1.29, 1.82) is 0 Å². The maximum Gasteiger partial charge on any atom is 0.126 e. The number of hydrogen-bond acceptors (Lipinski definition) is 2. The summed E-state index contributed by atoms with van der Waals surface area (Å²) in [5.41, 5.74) is 0. The molecule has 7 atom stereocenters. The lowest BCUT2D eigenvalue weighted by molar-refractivity contribution is -0.954. The molecule has 0 aromatic heterocycles. The van der Waals surface area contributed by atoms with Gasteiger partial charge in [-0.2, -0.15) is 0 Å². The Morgan fingerprint density at radius 1 is 1.04 bits per heavy atom. The van der Waals surface area contributed by atoms with Gasteiger partial charge in [-0.3, -0.25) is 0 Å². The molecule has 0 spiro atoms. The Kier molecular flexibility index (Phi) is 7.37. The van der Waals surface area contributed by atoms with Crippen LogP contribution in [0.3, 0.4) is 0 Å². The highest BCUT2D eigenvalue weighted by Crippen LogP contribution is 2.35. The lowest BCUT2D eigenvalue weighted by Crippen LogP contribution is -3.20. The van der Waals surface area contributed by atoms with Crippen LogP contribution in [0.25, 0.3) is 0 Å². The normalized spacial score (nSPS) is 40.3. The zero-order valence-electron chi connectivity index (χ0n) is 16.1. The fourth-order valence-corrected chi connectivity index (χ4v) is 4.86. The standard InChI is InChI=1S/C20H39NO2/c1-14(2)19-10-9-15(3)11-20(19)23-13-18(22)12-21-16(4)7-6-8-17(21)5/h14-20,22H,6-13H2,1-5H3/p+1/t15-,16-,17+,18-,19-,20-/m1/s1. The zero-order chi connectivity index (χ0) is 17.0. The second kappa shape index (κ2) is 8.82. The summed E-state index contributed by atoms with van der Waals surface area (Å²) >= 11 is 0. The van der Waals surface area contributed by atoms with E-state index in [-0.39, 0.29) is 6.10 Å². The first-order valence-electron chi connectivity index (χ1n) is 10.0. The highest BCUT2D eigenvalue weighted by atomic mass is 16.5. The molecular weight excluding hydrogens is 286 g/mol. The lowest BCUT2D eigenvalue weighted by atomic mass is 9.75. The molecular formula is C20H40NO2+. The highest BCUT2D eigenvalue weighted by molar-refractivity contribution is 4.81. The Hall–Kier alpha value is -0.120. The Balaban J connectivity index is 1.81. The molecule has 2 fully saturated rings. The van der Waals surface area contributed by atoms with Crippen molar-refractivity contribution in [3.8, 4) is 0 Å². The van der Waals surface area contributed by atoms with Crippen LogP contribution in [0.1, 0.15) is 73.1 Å². The molecule has 3 heteroatoms. The first kappa shape index (κ1) is 19.2. The zero-order valence-corrected chi connectivity index (χ0v) is 16.1. The van der Waals surface area contributed by atoms with Crippen molar-refractivity contribution < 1.29 is 14.7 Å². The first-order valence-corrected chi connectivity index (χ1v) is 10.0. The predicted octanol–water partition coefficient (Wildman–Crippen LogP) is 2.67. The number of likely N-dealkylation sites (tertiary alicyclic amines) is 1. The van der Waals surface area contributed by atoms with Crippen LogP contribution in [0, 0.1) is 17.8 Å². The van der Waals surface area contributed by atoms with E-state index in [1.54, 1.807) is 4.90 Å². The van der Waals surface area contributed by atoms with E-state index in [0.29, 0.717) is 36.6 Å². The van der Waals surface area contributed by atoms with Crippen LogP contribution >= 0.6 is 0 Å². The number of aliphatic hydroxyl groups is 1. The van der Waals surface area contributed by atoms with Gasteiger partial charge in [0.1, 0.15) is 12.6 Å². The van der Waals surface area contributed by atoms with Crippen LogP contribution in [0.4, 0.5) is 0 Å². The molecule has 2 N–H and O–H groups in total. The minimum atomic E-state index is -0.321. The molecule has 0 aromatic rings. The maximum absolute atomic E-state index is 10.5. The summed E-state index contributed by atoms with van der Waals surface area (Å²) < 4.78 is 6.24. The molecule has 0 radical (unpaired) electrons. The van der Waals surface area contributed by atoms with Gasteiger partial charge in [0, 0.05) is 0 Å². The van der Waals surface area contributed by atoms with E-state index in [2.05, 4.69) is 34.6 Å². The van der Waals surface area contributed by atoms with Gasteiger partial charge in [0.2, 0.25) is 0 Å². The van der Waals surface area contributed by atoms with E-state index in [1.165, 1.54) is 38.5 Å². The number of ether oxygens (including phenoxy) is 1. The predicted molar refractivity (Wildman–Crippen MR) is 95.7 cm³/mol. The van der Waals surface area contributed by atoms with E-state index >= 15 is 0 Å². The first-order chi connectivity index (χ1) is 10.9. The molecule has 0 amide bonds. The van der Waals surface area contributed by atoms with Crippen molar-refractivity contribution in [3.05, 3.63) is 0 Å².